The molecule has 1 aliphatic heterocycles. The lowest BCUT2D eigenvalue weighted by atomic mass is 9.91. The molecule has 0 saturated carbocycles. The molecule has 1 aliphatic rings. The highest BCUT2D eigenvalue weighted by Gasteiger charge is 2.27. The van der Waals surface area contributed by atoms with Crippen LogP contribution >= 0.6 is 0 Å². The summed E-state index contributed by atoms with van der Waals surface area (Å²) in [5.74, 6) is -0.772. The Kier molecular flexibility index (Phi) is 9.86. The summed E-state index contributed by atoms with van der Waals surface area (Å²) < 4.78 is 0. The Labute approximate surface area is 220 Å². The van der Waals surface area contributed by atoms with Gasteiger partial charge in [0, 0.05) is 36.7 Å². The van der Waals surface area contributed by atoms with E-state index in [1.54, 1.807) is 30.0 Å². The third-order valence-electron chi connectivity index (χ3n) is 6.79. The van der Waals surface area contributed by atoms with Gasteiger partial charge in [-0.2, -0.15) is 0 Å². The van der Waals surface area contributed by atoms with Crippen LogP contribution in [0, 0.1) is 11.3 Å². The van der Waals surface area contributed by atoms with Crippen molar-refractivity contribution in [2.45, 2.75) is 71.9 Å². The summed E-state index contributed by atoms with van der Waals surface area (Å²) in [5.41, 5.74) is 2.23. The van der Waals surface area contributed by atoms with Gasteiger partial charge < -0.3 is 20.6 Å². The van der Waals surface area contributed by atoms with E-state index in [0.717, 1.165) is 18.4 Å². The first-order valence-corrected chi connectivity index (χ1v) is 13.2. The summed E-state index contributed by atoms with van der Waals surface area (Å²) in [4.78, 5) is 39.7. The lowest BCUT2D eigenvalue weighted by Gasteiger charge is -2.27. The Morgan fingerprint density at radius 2 is 1.81 bits per heavy atom. The molecular formula is C30H41N3O4. The molecule has 0 bridgehead atoms. The number of hydrogen-bond donors (Lipinski definition) is 3. The number of nitrogens with zero attached hydrogens (tertiary/aromatic N) is 1. The third kappa shape index (κ3) is 8.71. The molecule has 37 heavy (non-hydrogen) atoms. The van der Waals surface area contributed by atoms with Gasteiger partial charge in [0.1, 0.15) is 0 Å². The van der Waals surface area contributed by atoms with Gasteiger partial charge in [-0.05, 0) is 54.9 Å². The van der Waals surface area contributed by atoms with Gasteiger partial charge in [-0.25, -0.2) is 0 Å². The second kappa shape index (κ2) is 12.9. The SMILES string of the molecule is C[C@H](C[C@H](O)[C@H](Cc1ccccc1)NC(=O)c1cccc(N2CCCC2=O)c1)C(=O)NCCC(C)(C)C. The maximum absolute atomic E-state index is 13.2. The molecule has 1 heterocycles. The number of carbonyl (C=O) groups excluding carboxylic acids is 3. The van der Waals surface area contributed by atoms with Crippen molar-refractivity contribution in [1.82, 2.24) is 10.6 Å². The minimum Gasteiger partial charge on any atom is -0.391 e. The van der Waals surface area contributed by atoms with Crippen LogP contribution in [0.3, 0.4) is 0 Å². The predicted octanol–water partition coefficient (Wildman–Crippen LogP) is 4.09. The second-order valence-corrected chi connectivity index (χ2v) is 11.3. The van der Waals surface area contributed by atoms with Crippen LogP contribution in [0.15, 0.2) is 54.6 Å². The van der Waals surface area contributed by atoms with E-state index < -0.39 is 18.1 Å². The van der Waals surface area contributed by atoms with Crippen molar-refractivity contribution in [2.24, 2.45) is 11.3 Å². The van der Waals surface area contributed by atoms with Gasteiger partial charge in [-0.15, -0.1) is 0 Å². The van der Waals surface area contributed by atoms with E-state index in [4.69, 9.17) is 0 Å². The van der Waals surface area contributed by atoms with Crippen LogP contribution in [-0.4, -0.2) is 48.1 Å². The van der Waals surface area contributed by atoms with Crippen LogP contribution in [0.4, 0.5) is 5.69 Å². The zero-order valence-electron chi connectivity index (χ0n) is 22.5. The fraction of sp³-hybridized carbons (Fsp3) is 0.500. The molecule has 1 saturated heterocycles. The fourth-order valence-corrected chi connectivity index (χ4v) is 4.51. The van der Waals surface area contributed by atoms with Crippen LogP contribution in [-0.2, 0) is 16.0 Å². The van der Waals surface area contributed by atoms with Gasteiger partial charge in [0.25, 0.3) is 5.91 Å². The standard InChI is InChI=1S/C30H41N3O4/c1-21(28(36)31-16-15-30(2,3)4)18-26(34)25(19-22-10-6-5-7-11-22)32-29(37)23-12-8-13-24(20-23)33-17-9-14-27(33)35/h5-8,10-13,20-21,25-26,34H,9,14-19H2,1-4H3,(H,31,36)(H,32,37)/t21-,25+,26+/m1/s1. The average Bonchev–Trinajstić information content (AvgIpc) is 3.29. The zero-order valence-corrected chi connectivity index (χ0v) is 22.5. The number of rotatable bonds is 11. The molecule has 2 aromatic rings. The summed E-state index contributed by atoms with van der Waals surface area (Å²) >= 11 is 0. The molecule has 3 rings (SSSR count). The van der Waals surface area contributed by atoms with Crippen molar-refractivity contribution in [3.05, 3.63) is 65.7 Å². The maximum Gasteiger partial charge on any atom is 0.251 e. The Balaban J connectivity index is 1.69. The van der Waals surface area contributed by atoms with E-state index in [1.807, 2.05) is 36.4 Å². The first-order valence-electron chi connectivity index (χ1n) is 13.2. The van der Waals surface area contributed by atoms with E-state index in [-0.39, 0.29) is 29.6 Å². The van der Waals surface area contributed by atoms with Crippen LogP contribution < -0.4 is 15.5 Å². The van der Waals surface area contributed by atoms with Gasteiger partial charge in [-0.3, -0.25) is 14.4 Å². The molecule has 200 valence electrons. The molecule has 2 aromatic carbocycles. The van der Waals surface area contributed by atoms with Gasteiger partial charge >= 0.3 is 0 Å². The number of nitrogens with one attached hydrogen (secondary N) is 2. The van der Waals surface area contributed by atoms with E-state index in [0.29, 0.717) is 37.2 Å². The zero-order chi connectivity index (χ0) is 27.0. The molecule has 7 heteroatoms. The summed E-state index contributed by atoms with van der Waals surface area (Å²) in [7, 11) is 0. The summed E-state index contributed by atoms with van der Waals surface area (Å²) in [6.45, 7) is 9.41. The smallest absolute Gasteiger partial charge is 0.251 e. The highest BCUT2D eigenvalue weighted by Crippen LogP contribution is 2.23. The summed E-state index contributed by atoms with van der Waals surface area (Å²) in [5, 5.41) is 17.1. The lowest BCUT2D eigenvalue weighted by molar-refractivity contribution is -0.125. The van der Waals surface area contributed by atoms with E-state index >= 15 is 0 Å². The third-order valence-corrected chi connectivity index (χ3v) is 6.79. The Morgan fingerprint density at radius 3 is 2.46 bits per heavy atom. The number of hydrogen-bond acceptors (Lipinski definition) is 4. The quantitative estimate of drug-likeness (QED) is 0.427. The first-order chi connectivity index (χ1) is 17.5. The topological polar surface area (TPSA) is 98.7 Å². The van der Waals surface area contributed by atoms with Gasteiger partial charge in [-0.1, -0.05) is 64.1 Å². The Bertz CT molecular complexity index is 1060. The molecule has 3 N–H and O–H groups in total. The van der Waals surface area contributed by atoms with Crippen molar-refractivity contribution in [2.75, 3.05) is 18.0 Å². The largest absolute Gasteiger partial charge is 0.391 e. The van der Waals surface area contributed by atoms with Crippen LogP contribution in [0.25, 0.3) is 0 Å². The molecule has 0 aromatic heterocycles. The number of aliphatic hydroxyl groups is 1. The van der Waals surface area contributed by atoms with E-state index in [2.05, 4.69) is 31.4 Å². The van der Waals surface area contributed by atoms with Crippen LogP contribution in [0.5, 0.6) is 0 Å². The lowest BCUT2D eigenvalue weighted by Crippen LogP contribution is -2.46. The van der Waals surface area contributed by atoms with Gasteiger partial charge in [0.05, 0.1) is 12.1 Å². The molecule has 0 unspecified atom stereocenters. The van der Waals surface area contributed by atoms with Crippen molar-refractivity contribution in [3.8, 4) is 0 Å². The second-order valence-electron chi connectivity index (χ2n) is 11.3. The summed E-state index contributed by atoms with van der Waals surface area (Å²) in [6.07, 6.45) is 1.92. The number of carbonyl (C=O) groups is 3. The summed E-state index contributed by atoms with van der Waals surface area (Å²) in [6, 6.07) is 16.1. The highest BCUT2D eigenvalue weighted by atomic mass is 16.3. The Morgan fingerprint density at radius 1 is 1.08 bits per heavy atom. The van der Waals surface area contributed by atoms with Crippen LogP contribution in [0.1, 0.15) is 69.3 Å². The van der Waals surface area contributed by atoms with Crippen LogP contribution in [0.2, 0.25) is 0 Å². The normalized spacial score (nSPS) is 16.2. The van der Waals surface area contributed by atoms with Crippen molar-refractivity contribution >= 4 is 23.4 Å². The molecule has 3 atom stereocenters. The minimum absolute atomic E-state index is 0.0599. The van der Waals surface area contributed by atoms with Crippen molar-refractivity contribution in [3.63, 3.8) is 0 Å². The van der Waals surface area contributed by atoms with Crippen molar-refractivity contribution in [1.29, 1.82) is 0 Å². The van der Waals surface area contributed by atoms with E-state index in [9.17, 15) is 19.5 Å². The number of anilines is 1. The first kappa shape index (κ1) is 28.4. The number of aliphatic hydroxyl groups excluding tert-OH is 1. The highest BCUT2D eigenvalue weighted by molar-refractivity contribution is 5.99. The Hall–Kier alpha value is -3.19. The van der Waals surface area contributed by atoms with Crippen molar-refractivity contribution < 1.29 is 19.5 Å². The molecule has 7 nitrogen and oxygen atoms in total. The number of amides is 3. The molecular weight excluding hydrogens is 466 g/mol. The minimum atomic E-state index is -0.920. The molecule has 3 amide bonds. The maximum atomic E-state index is 13.2. The predicted molar refractivity (Wildman–Crippen MR) is 146 cm³/mol. The fourth-order valence-electron chi connectivity index (χ4n) is 4.51. The molecule has 0 radical (unpaired) electrons. The molecule has 0 aliphatic carbocycles. The molecule has 1 fully saturated rings. The molecule has 0 spiro atoms. The monoisotopic (exact) mass is 507 g/mol. The van der Waals surface area contributed by atoms with Gasteiger partial charge in [0.15, 0.2) is 0 Å². The average molecular weight is 508 g/mol. The van der Waals surface area contributed by atoms with E-state index in [1.165, 1.54) is 0 Å². The van der Waals surface area contributed by atoms with Gasteiger partial charge in [0.2, 0.25) is 11.8 Å². The number of benzene rings is 2.